The summed E-state index contributed by atoms with van der Waals surface area (Å²) in [6.45, 7) is 0.299. The molecule has 6 rings (SSSR count). The molecule has 3 aromatic carbocycles. The van der Waals surface area contributed by atoms with E-state index < -0.39 is 9.85 Å². The van der Waals surface area contributed by atoms with Crippen LogP contribution >= 0.6 is 23.2 Å². The Balaban J connectivity index is 0.000000220. The molecule has 3 heterocycles. The van der Waals surface area contributed by atoms with E-state index in [1.54, 1.807) is 36.5 Å². The summed E-state index contributed by atoms with van der Waals surface area (Å²) in [6, 6.07) is 19.5. The maximum atomic E-state index is 11.1. The smallest absolute Gasteiger partial charge is 0.270 e. The normalized spacial score (nSPS) is 10.6. The van der Waals surface area contributed by atoms with Gasteiger partial charge < -0.3 is 10.1 Å². The van der Waals surface area contributed by atoms with Gasteiger partial charge in [-0.1, -0.05) is 29.3 Å². The number of hydrogen-bond acceptors (Lipinski definition) is 11. The summed E-state index contributed by atoms with van der Waals surface area (Å²) >= 11 is 12.1. The van der Waals surface area contributed by atoms with E-state index in [9.17, 15) is 20.2 Å². The number of aromatic nitrogens is 5. The summed E-state index contributed by atoms with van der Waals surface area (Å²) in [5.41, 5.74) is 2.58. The van der Waals surface area contributed by atoms with Gasteiger partial charge in [-0.05, 0) is 42.5 Å². The van der Waals surface area contributed by atoms with Gasteiger partial charge in [0.05, 0.1) is 31.6 Å². The Labute approximate surface area is 252 Å². The molecule has 0 atom stereocenters. The molecule has 0 aliphatic rings. The highest BCUT2D eigenvalue weighted by Crippen LogP contribution is 2.32. The molecule has 0 bridgehead atoms. The number of nitro benzene ring substituents is 2. The molecule has 15 heteroatoms. The minimum absolute atomic E-state index is 0.0193. The van der Waals surface area contributed by atoms with E-state index in [1.165, 1.54) is 36.9 Å². The topological polar surface area (TPSA) is 172 Å². The molecule has 0 spiro atoms. The second kappa shape index (κ2) is 13.0. The van der Waals surface area contributed by atoms with Gasteiger partial charge in [0.25, 0.3) is 11.4 Å². The predicted molar refractivity (Wildman–Crippen MR) is 161 cm³/mol. The predicted octanol–water partition coefficient (Wildman–Crippen LogP) is 7.10. The van der Waals surface area contributed by atoms with Crippen molar-refractivity contribution >= 4 is 67.9 Å². The Morgan fingerprint density at radius 3 is 2.07 bits per heavy atom. The van der Waals surface area contributed by atoms with Gasteiger partial charge in [0, 0.05) is 46.9 Å². The van der Waals surface area contributed by atoms with Crippen molar-refractivity contribution in [2.24, 2.45) is 0 Å². The summed E-state index contributed by atoms with van der Waals surface area (Å²) < 4.78 is 5.72. The number of nitro groups is 2. The van der Waals surface area contributed by atoms with E-state index in [0.717, 1.165) is 5.69 Å². The van der Waals surface area contributed by atoms with Crippen molar-refractivity contribution in [1.82, 2.24) is 24.9 Å². The number of pyridine rings is 1. The van der Waals surface area contributed by atoms with Crippen LogP contribution in [0.25, 0.3) is 21.8 Å². The quantitative estimate of drug-likeness (QED) is 0.110. The molecular formula is C28H18Cl2N8O5. The molecule has 0 saturated carbocycles. The van der Waals surface area contributed by atoms with E-state index in [-0.39, 0.29) is 16.5 Å². The lowest BCUT2D eigenvalue weighted by Crippen LogP contribution is -1.99. The van der Waals surface area contributed by atoms with Gasteiger partial charge in [-0.15, -0.1) is 0 Å². The molecular weight excluding hydrogens is 599 g/mol. The Kier molecular flexibility index (Phi) is 8.74. The lowest BCUT2D eigenvalue weighted by molar-refractivity contribution is -0.384. The van der Waals surface area contributed by atoms with Crippen LogP contribution in [0.4, 0.5) is 22.9 Å². The molecule has 1 N–H and O–H groups in total. The molecule has 0 fully saturated rings. The fourth-order valence-corrected chi connectivity index (χ4v) is 4.28. The van der Waals surface area contributed by atoms with Gasteiger partial charge in [-0.3, -0.25) is 25.2 Å². The van der Waals surface area contributed by atoms with Crippen LogP contribution in [0.1, 0.15) is 5.69 Å². The van der Waals surface area contributed by atoms with Gasteiger partial charge in [0.15, 0.2) is 0 Å². The van der Waals surface area contributed by atoms with Crippen molar-refractivity contribution < 1.29 is 14.6 Å². The molecule has 0 unspecified atom stereocenters. The van der Waals surface area contributed by atoms with Crippen molar-refractivity contribution in [2.45, 2.75) is 6.61 Å². The molecule has 0 saturated heterocycles. The number of rotatable bonds is 7. The number of halogens is 2. The van der Waals surface area contributed by atoms with Crippen LogP contribution in [0.15, 0.2) is 91.6 Å². The summed E-state index contributed by atoms with van der Waals surface area (Å²) in [7, 11) is 0. The fourth-order valence-electron chi connectivity index (χ4n) is 3.85. The van der Waals surface area contributed by atoms with Crippen molar-refractivity contribution in [3.63, 3.8) is 0 Å². The van der Waals surface area contributed by atoms with Crippen LogP contribution in [-0.2, 0) is 6.61 Å². The molecule has 0 amide bonds. The van der Waals surface area contributed by atoms with Crippen LogP contribution in [0.3, 0.4) is 0 Å². The first-order chi connectivity index (χ1) is 20.8. The summed E-state index contributed by atoms with van der Waals surface area (Å²) in [4.78, 5) is 40.8. The maximum Gasteiger partial charge on any atom is 0.270 e. The third-order valence-electron chi connectivity index (χ3n) is 5.91. The number of ether oxygens (including phenoxy) is 1. The van der Waals surface area contributed by atoms with Gasteiger partial charge in [-0.25, -0.2) is 19.9 Å². The van der Waals surface area contributed by atoms with E-state index >= 15 is 0 Å². The third-order valence-corrected chi connectivity index (χ3v) is 6.50. The average Bonchev–Trinajstić information content (AvgIpc) is 3.01. The summed E-state index contributed by atoms with van der Waals surface area (Å²) in [6.07, 6.45) is 4.41. The highest BCUT2D eigenvalue weighted by molar-refractivity contribution is 6.34. The van der Waals surface area contributed by atoms with Gasteiger partial charge in [-0.2, -0.15) is 0 Å². The number of hydrogen-bond donors (Lipinski definition) is 1. The third kappa shape index (κ3) is 7.04. The minimum Gasteiger partial charge on any atom is -0.486 e. The zero-order chi connectivity index (χ0) is 30.3. The zero-order valence-electron chi connectivity index (χ0n) is 21.8. The Hall–Kier alpha value is -5.53. The molecule has 6 aromatic rings. The zero-order valence-corrected chi connectivity index (χ0v) is 23.3. The van der Waals surface area contributed by atoms with Crippen molar-refractivity contribution in [3.05, 3.63) is 128 Å². The SMILES string of the molecule is O=[N+]([O-])c1ccc2ncnc(Cl)c2c1.O=[N+]([O-])c1ccc2ncnc(Nc3ccc(OCc4ccccn4)c(Cl)c3)c2c1. The Morgan fingerprint density at radius 2 is 1.42 bits per heavy atom. The standard InChI is InChI=1S/C20H14ClN5O3.C8H4ClN3O2/c21-17-9-13(4-7-19(17)29-11-14-3-1-2-8-22-14)25-20-16-10-15(26(27)28)5-6-18(16)23-12-24-20;9-8-6-3-5(12(13)14)1-2-7(6)10-4-11-8/h1-10,12H,11H2,(H,23,24,25);1-4H. The first-order valence-corrected chi connectivity index (χ1v) is 13.1. The number of anilines is 2. The van der Waals surface area contributed by atoms with Crippen LogP contribution in [0.2, 0.25) is 10.2 Å². The Bertz CT molecular complexity index is 1960. The second-order valence-corrected chi connectivity index (χ2v) is 9.45. The van der Waals surface area contributed by atoms with Crippen LogP contribution < -0.4 is 10.1 Å². The minimum atomic E-state index is -0.483. The van der Waals surface area contributed by atoms with Crippen molar-refractivity contribution in [3.8, 4) is 5.75 Å². The van der Waals surface area contributed by atoms with E-state index in [2.05, 4.69) is 30.2 Å². The molecule has 0 aliphatic heterocycles. The van der Waals surface area contributed by atoms with Crippen LogP contribution in [0, 0.1) is 20.2 Å². The average molecular weight is 617 g/mol. The first-order valence-electron chi connectivity index (χ1n) is 12.3. The first kappa shape index (κ1) is 29.0. The molecule has 3 aromatic heterocycles. The van der Waals surface area contributed by atoms with Gasteiger partial charge in [0.2, 0.25) is 0 Å². The largest absolute Gasteiger partial charge is 0.486 e. The van der Waals surface area contributed by atoms with E-state index in [4.69, 9.17) is 27.9 Å². The van der Waals surface area contributed by atoms with Crippen molar-refractivity contribution in [1.29, 1.82) is 0 Å². The lowest BCUT2D eigenvalue weighted by atomic mass is 10.2. The number of fused-ring (bicyclic) bond motifs is 2. The molecule has 43 heavy (non-hydrogen) atoms. The number of non-ortho nitro benzene ring substituents is 2. The monoisotopic (exact) mass is 616 g/mol. The number of benzene rings is 3. The summed E-state index contributed by atoms with van der Waals surface area (Å²) in [5.74, 6) is 0.961. The number of nitrogens with one attached hydrogen (secondary N) is 1. The second-order valence-electron chi connectivity index (χ2n) is 8.68. The lowest BCUT2D eigenvalue weighted by Gasteiger charge is -2.11. The molecule has 214 valence electrons. The van der Waals surface area contributed by atoms with Crippen molar-refractivity contribution in [2.75, 3.05) is 5.32 Å². The van der Waals surface area contributed by atoms with E-state index in [1.807, 2.05) is 18.2 Å². The molecule has 0 aliphatic carbocycles. The molecule has 13 nitrogen and oxygen atoms in total. The maximum absolute atomic E-state index is 11.1. The van der Waals surface area contributed by atoms with Crippen LogP contribution in [0.5, 0.6) is 5.75 Å². The van der Waals surface area contributed by atoms with Crippen LogP contribution in [-0.4, -0.2) is 34.8 Å². The van der Waals surface area contributed by atoms with Gasteiger partial charge >= 0.3 is 0 Å². The molecule has 0 radical (unpaired) electrons. The highest BCUT2D eigenvalue weighted by Gasteiger charge is 2.12. The van der Waals surface area contributed by atoms with Gasteiger partial charge in [0.1, 0.15) is 36.0 Å². The highest BCUT2D eigenvalue weighted by atomic mass is 35.5. The Morgan fingerprint density at radius 1 is 0.744 bits per heavy atom. The van der Waals surface area contributed by atoms with E-state index in [0.29, 0.717) is 50.7 Å². The number of nitrogens with zero attached hydrogens (tertiary/aromatic N) is 7. The fraction of sp³-hybridized carbons (Fsp3) is 0.0357. The summed E-state index contributed by atoms with van der Waals surface area (Å²) in [5, 5.41) is 26.3.